The Morgan fingerprint density at radius 1 is 0.569 bits per heavy atom. The molecule has 2 atom stereocenters. The maximum atomic E-state index is 7.45. The van der Waals surface area contributed by atoms with Crippen LogP contribution in [0.4, 0.5) is 5.69 Å². The normalized spacial score (nSPS) is 15.5. The molecule has 11 rings (SSSR count). The summed E-state index contributed by atoms with van der Waals surface area (Å²) < 4.78 is 2.32. The summed E-state index contributed by atoms with van der Waals surface area (Å²) in [5.41, 5.74) is 10.8. The van der Waals surface area contributed by atoms with Gasteiger partial charge < -0.3 is 0 Å². The van der Waals surface area contributed by atoms with Crippen molar-refractivity contribution in [2.45, 2.75) is 16.1 Å². The summed E-state index contributed by atoms with van der Waals surface area (Å²) >= 11 is 3.62. The first kappa shape index (κ1) is 34.2. The second-order valence-electron chi connectivity index (χ2n) is 14.2. The predicted octanol–water partition coefficient (Wildman–Crippen LogP) is 13.1. The van der Waals surface area contributed by atoms with E-state index in [4.69, 9.17) is 31.5 Å². The number of thiophene rings is 1. The molecule has 2 unspecified atom stereocenters. The molecular formula is C50H30N6S2. The number of aromatic nitrogens is 5. The smallest absolute Gasteiger partial charge is 0.187 e. The van der Waals surface area contributed by atoms with Gasteiger partial charge in [-0.3, -0.25) is 0 Å². The molecule has 58 heavy (non-hydrogen) atoms. The van der Waals surface area contributed by atoms with E-state index in [1.54, 1.807) is 11.3 Å². The Hall–Kier alpha value is -7.05. The summed E-state index contributed by atoms with van der Waals surface area (Å²) in [7, 11) is 0. The minimum Gasteiger partial charge on any atom is -0.238 e. The maximum absolute atomic E-state index is 7.45. The number of thioether (sulfide) groups is 1. The van der Waals surface area contributed by atoms with Gasteiger partial charge in [-0.15, -0.1) is 23.1 Å². The third-order valence-electron chi connectivity index (χ3n) is 10.7. The van der Waals surface area contributed by atoms with Gasteiger partial charge in [-0.25, -0.2) is 29.8 Å². The summed E-state index contributed by atoms with van der Waals surface area (Å²) in [6.45, 7) is 7.45. The number of allylic oxidation sites excluding steroid dienone is 3. The van der Waals surface area contributed by atoms with E-state index in [-0.39, 0.29) is 11.2 Å². The third kappa shape index (κ3) is 5.91. The monoisotopic (exact) mass is 778 g/mol. The van der Waals surface area contributed by atoms with Crippen LogP contribution >= 0.6 is 23.1 Å². The van der Waals surface area contributed by atoms with Gasteiger partial charge in [0.2, 0.25) is 0 Å². The third-order valence-corrected chi connectivity index (χ3v) is 13.3. The van der Waals surface area contributed by atoms with Gasteiger partial charge in [0.05, 0.1) is 28.4 Å². The lowest BCUT2D eigenvalue weighted by molar-refractivity contribution is 0.809. The van der Waals surface area contributed by atoms with Crippen LogP contribution in [-0.2, 0) is 0 Å². The number of nitrogens with zero attached hydrogens (tertiary/aromatic N) is 6. The van der Waals surface area contributed by atoms with Gasteiger partial charge in [-0.1, -0.05) is 152 Å². The number of rotatable bonds is 6. The molecule has 4 heterocycles. The molecular weight excluding hydrogens is 749 g/mol. The Morgan fingerprint density at radius 3 is 2.03 bits per heavy atom. The molecule has 272 valence electrons. The highest BCUT2D eigenvalue weighted by atomic mass is 32.2. The molecule has 6 nitrogen and oxygen atoms in total. The molecule has 0 saturated heterocycles. The van der Waals surface area contributed by atoms with Crippen LogP contribution in [0.5, 0.6) is 0 Å². The highest BCUT2D eigenvalue weighted by Crippen LogP contribution is 2.55. The Balaban J connectivity index is 1.01. The summed E-state index contributed by atoms with van der Waals surface area (Å²) in [5.74, 6) is 2.60. The van der Waals surface area contributed by atoms with E-state index in [9.17, 15) is 0 Å². The first-order chi connectivity index (χ1) is 28.7. The first-order valence-corrected chi connectivity index (χ1v) is 20.7. The fourth-order valence-electron chi connectivity index (χ4n) is 7.96. The molecule has 1 aliphatic carbocycles. The van der Waals surface area contributed by atoms with Crippen molar-refractivity contribution in [3.63, 3.8) is 0 Å². The average molecular weight is 779 g/mol. The van der Waals surface area contributed by atoms with Crippen LogP contribution in [-0.4, -0.2) is 30.2 Å². The zero-order chi connectivity index (χ0) is 38.6. The predicted molar refractivity (Wildman–Crippen MR) is 238 cm³/mol. The summed E-state index contributed by atoms with van der Waals surface area (Å²) in [6.07, 6.45) is 6.66. The van der Waals surface area contributed by atoms with Crippen LogP contribution in [0.15, 0.2) is 175 Å². The van der Waals surface area contributed by atoms with Gasteiger partial charge in [0, 0.05) is 48.0 Å². The topological polar surface area (TPSA) is 68.8 Å². The van der Waals surface area contributed by atoms with Crippen molar-refractivity contribution >= 4 is 54.7 Å². The van der Waals surface area contributed by atoms with Crippen LogP contribution in [0.25, 0.3) is 87.3 Å². The van der Waals surface area contributed by atoms with E-state index in [0.29, 0.717) is 23.2 Å². The molecule has 0 amide bonds. The second kappa shape index (κ2) is 14.2. The van der Waals surface area contributed by atoms with E-state index < -0.39 is 0 Å². The van der Waals surface area contributed by atoms with Gasteiger partial charge in [-0.05, 0) is 34.9 Å². The summed E-state index contributed by atoms with van der Waals surface area (Å²) in [6, 6.07) is 51.4. The number of fused-ring (bicyclic) bond motifs is 6. The van der Waals surface area contributed by atoms with Crippen LogP contribution in [0.1, 0.15) is 17.3 Å². The van der Waals surface area contributed by atoms with Crippen LogP contribution in [0, 0.1) is 6.57 Å². The van der Waals surface area contributed by atoms with E-state index in [1.165, 1.54) is 15.2 Å². The van der Waals surface area contributed by atoms with Crippen molar-refractivity contribution in [2.24, 2.45) is 0 Å². The van der Waals surface area contributed by atoms with Crippen LogP contribution in [0.3, 0.4) is 0 Å². The quantitative estimate of drug-likeness (QED) is 0.157. The molecule has 3 aromatic heterocycles. The molecule has 0 fully saturated rings. The minimum absolute atomic E-state index is 0.0569. The summed E-state index contributed by atoms with van der Waals surface area (Å²) in [4.78, 5) is 30.9. The number of benzene rings is 6. The SMILES string of the molecule is [C-]#[N+]c1cccc(-c2ccc(-c3nc(-c4ccccc4)nc(-c4cccc5c4C4=CC=CC(c6nc(-c7ccccc7)c7sc8ccccc8c7n6)C4S5)n3)cc2)c1. The van der Waals surface area contributed by atoms with Gasteiger partial charge in [0.1, 0.15) is 5.82 Å². The Labute approximate surface area is 343 Å². The van der Waals surface area contributed by atoms with Crippen molar-refractivity contribution in [1.29, 1.82) is 0 Å². The lowest BCUT2D eigenvalue weighted by atomic mass is 9.87. The second-order valence-corrected chi connectivity index (χ2v) is 16.5. The molecule has 0 spiro atoms. The Bertz CT molecular complexity index is 3170. The molecule has 0 saturated carbocycles. The molecule has 6 aromatic carbocycles. The molecule has 0 bridgehead atoms. The van der Waals surface area contributed by atoms with Gasteiger partial charge >= 0.3 is 0 Å². The van der Waals surface area contributed by atoms with Crippen molar-refractivity contribution < 1.29 is 0 Å². The largest absolute Gasteiger partial charge is 0.238 e. The standard InChI is InChI=1S/C50H30N6S2/c1-51-35-18-10-17-34(29-35)30-25-27-33(28-26-30)48-54-47(32-15-6-3-7-16-32)55-49(56-48)38-21-12-24-41-42(38)37-20-11-22-39(45(37)58-41)50-52-43(31-13-4-2-5-14-31)46-44(53-50)36-19-8-9-23-40(36)57-46/h2-29,39,45H. The Morgan fingerprint density at radius 2 is 1.24 bits per heavy atom. The number of hydrogen-bond donors (Lipinski definition) is 0. The van der Waals surface area contributed by atoms with Crippen LogP contribution < -0.4 is 0 Å². The zero-order valence-corrected chi connectivity index (χ0v) is 32.5. The highest BCUT2D eigenvalue weighted by molar-refractivity contribution is 8.01. The average Bonchev–Trinajstić information content (AvgIpc) is 3.88. The van der Waals surface area contributed by atoms with Crippen molar-refractivity contribution in [1.82, 2.24) is 24.9 Å². The molecule has 1 aliphatic heterocycles. The van der Waals surface area contributed by atoms with Crippen molar-refractivity contribution in [2.75, 3.05) is 0 Å². The maximum Gasteiger partial charge on any atom is 0.187 e. The molecule has 0 radical (unpaired) electrons. The van der Waals surface area contributed by atoms with Crippen molar-refractivity contribution in [3.05, 3.63) is 193 Å². The minimum atomic E-state index is -0.0569. The van der Waals surface area contributed by atoms with Crippen molar-refractivity contribution in [3.8, 4) is 56.5 Å². The van der Waals surface area contributed by atoms with Gasteiger partial charge in [0.15, 0.2) is 23.2 Å². The van der Waals surface area contributed by atoms with E-state index in [1.807, 2.05) is 84.6 Å². The molecule has 2 aliphatic rings. The molecule has 8 heteroatoms. The summed E-state index contributed by atoms with van der Waals surface area (Å²) in [5, 5.41) is 1.23. The molecule has 0 N–H and O–H groups in total. The van der Waals surface area contributed by atoms with Gasteiger partial charge in [-0.2, -0.15) is 0 Å². The van der Waals surface area contributed by atoms with E-state index >= 15 is 0 Å². The fourth-order valence-corrected chi connectivity index (χ4v) is 10.6. The Kier molecular flexibility index (Phi) is 8.35. The zero-order valence-electron chi connectivity index (χ0n) is 30.8. The van der Waals surface area contributed by atoms with E-state index in [0.717, 1.165) is 66.1 Å². The fraction of sp³-hybridized carbons (Fsp3) is 0.0400. The lowest BCUT2D eigenvalue weighted by Gasteiger charge is -2.24. The lowest BCUT2D eigenvalue weighted by Crippen LogP contribution is -2.18. The first-order valence-electron chi connectivity index (χ1n) is 19.0. The van der Waals surface area contributed by atoms with Gasteiger partial charge in [0.25, 0.3) is 0 Å². The number of hydrogen-bond acceptors (Lipinski definition) is 7. The van der Waals surface area contributed by atoms with Crippen LogP contribution in [0.2, 0.25) is 0 Å². The van der Waals surface area contributed by atoms with E-state index in [2.05, 4.69) is 102 Å². The molecule has 9 aromatic rings. The highest BCUT2D eigenvalue weighted by Gasteiger charge is 2.39.